The van der Waals surface area contributed by atoms with Gasteiger partial charge in [-0.2, -0.15) is 0 Å². The summed E-state index contributed by atoms with van der Waals surface area (Å²) in [6.45, 7) is 1.93. The Hall–Kier alpha value is -1.90. The van der Waals surface area contributed by atoms with Crippen molar-refractivity contribution in [2.45, 2.75) is 31.1 Å². The maximum atomic E-state index is 12.4. The molecule has 1 aromatic carbocycles. The summed E-state index contributed by atoms with van der Waals surface area (Å²) in [7, 11) is -3.82. The first-order valence-electron chi connectivity index (χ1n) is 8.41. The van der Waals surface area contributed by atoms with Gasteiger partial charge in [-0.15, -0.1) is 11.3 Å². The summed E-state index contributed by atoms with van der Waals surface area (Å²) in [6.07, 6.45) is 2.54. The molecule has 2 aromatic rings. The second-order valence-electron chi connectivity index (χ2n) is 6.04. The Balaban J connectivity index is 1.80. The van der Waals surface area contributed by atoms with Gasteiger partial charge >= 0.3 is 5.97 Å². The number of hydrogen-bond acceptors (Lipinski definition) is 6. The molecule has 0 atom stereocenters. The van der Waals surface area contributed by atoms with E-state index in [-0.39, 0.29) is 11.5 Å². The number of sulfone groups is 1. The van der Waals surface area contributed by atoms with Crippen molar-refractivity contribution in [2.75, 3.05) is 17.7 Å². The molecule has 1 amide bonds. The van der Waals surface area contributed by atoms with Gasteiger partial charge in [-0.25, -0.2) is 13.2 Å². The molecule has 3 rings (SSSR count). The van der Waals surface area contributed by atoms with Crippen LogP contribution in [-0.2, 0) is 32.2 Å². The average Bonchev–Trinajstić information content (AvgIpc) is 3.15. The van der Waals surface area contributed by atoms with Crippen LogP contribution in [0.15, 0.2) is 29.2 Å². The van der Waals surface area contributed by atoms with E-state index in [9.17, 15) is 18.0 Å². The van der Waals surface area contributed by atoms with Gasteiger partial charge in [-0.3, -0.25) is 4.79 Å². The van der Waals surface area contributed by atoms with Gasteiger partial charge in [-0.05, 0) is 56.0 Å². The fraction of sp³-hybridized carbons (Fsp3) is 0.333. The zero-order chi connectivity index (χ0) is 19.6. The lowest BCUT2D eigenvalue weighted by Crippen LogP contribution is -2.23. The molecule has 6 nitrogen and oxygen atoms in total. The number of thiophene rings is 1. The lowest BCUT2D eigenvalue weighted by molar-refractivity contribution is -0.113. The Morgan fingerprint density at radius 3 is 2.59 bits per heavy atom. The minimum Gasteiger partial charge on any atom is -0.462 e. The van der Waals surface area contributed by atoms with E-state index in [4.69, 9.17) is 16.3 Å². The molecule has 0 saturated carbocycles. The molecule has 0 bridgehead atoms. The summed E-state index contributed by atoms with van der Waals surface area (Å²) in [5.41, 5.74) is 1.25. The van der Waals surface area contributed by atoms with Crippen LogP contribution in [0.1, 0.15) is 34.1 Å². The van der Waals surface area contributed by atoms with Crippen LogP contribution in [0.3, 0.4) is 0 Å². The molecule has 0 spiro atoms. The van der Waals surface area contributed by atoms with Crippen molar-refractivity contribution in [1.29, 1.82) is 0 Å². The van der Waals surface area contributed by atoms with Crippen LogP contribution in [0, 0.1) is 0 Å². The predicted octanol–water partition coefficient (Wildman–Crippen LogP) is 3.48. The lowest BCUT2D eigenvalue weighted by atomic mass is 10.1. The predicted molar refractivity (Wildman–Crippen MR) is 104 cm³/mol. The summed E-state index contributed by atoms with van der Waals surface area (Å²) in [4.78, 5) is 25.7. The molecule has 1 aliphatic carbocycles. The molecule has 0 fully saturated rings. The fourth-order valence-electron chi connectivity index (χ4n) is 2.97. The highest BCUT2D eigenvalue weighted by molar-refractivity contribution is 7.92. The SMILES string of the molecule is CCOC(=O)c1c(NC(=O)CS(=O)(=O)c2ccc(Cl)cc2)sc2c1CCC2. The van der Waals surface area contributed by atoms with Crippen LogP contribution in [0.5, 0.6) is 0 Å². The zero-order valence-electron chi connectivity index (χ0n) is 14.6. The Bertz CT molecular complexity index is 980. The zero-order valence-corrected chi connectivity index (χ0v) is 17.0. The first-order chi connectivity index (χ1) is 12.8. The van der Waals surface area contributed by atoms with E-state index >= 15 is 0 Å². The van der Waals surface area contributed by atoms with E-state index < -0.39 is 27.5 Å². The Kier molecular flexibility index (Phi) is 5.88. The molecule has 144 valence electrons. The monoisotopic (exact) mass is 427 g/mol. The number of hydrogen-bond donors (Lipinski definition) is 1. The van der Waals surface area contributed by atoms with E-state index in [1.165, 1.54) is 35.6 Å². The third-order valence-electron chi connectivity index (χ3n) is 4.15. The number of rotatable bonds is 6. The third kappa shape index (κ3) is 4.34. The molecular formula is C18H18ClNO5S2. The van der Waals surface area contributed by atoms with Gasteiger partial charge in [0.1, 0.15) is 10.8 Å². The number of amides is 1. The molecule has 27 heavy (non-hydrogen) atoms. The van der Waals surface area contributed by atoms with E-state index in [0.717, 1.165) is 29.7 Å². The van der Waals surface area contributed by atoms with E-state index in [2.05, 4.69) is 5.32 Å². The number of aryl methyl sites for hydroxylation is 1. The van der Waals surface area contributed by atoms with Gasteiger partial charge in [0, 0.05) is 9.90 Å². The molecule has 0 radical (unpaired) electrons. The van der Waals surface area contributed by atoms with Crippen molar-refractivity contribution in [1.82, 2.24) is 0 Å². The standard InChI is InChI=1S/C18H18ClNO5S2/c1-2-25-18(22)16-13-4-3-5-14(13)26-17(16)20-15(21)10-27(23,24)12-8-6-11(19)7-9-12/h6-9H,2-5,10H2,1H3,(H,20,21). The molecule has 0 aliphatic heterocycles. The van der Waals surface area contributed by atoms with Gasteiger partial charge in [0.25, 0.3) is 0 Å². The maximum Gasteiger partial charge on any atom is 0.341 e. The van der Waals surface area contributed by atoms with Crippen LogP contribution < -0.4 is 5.32 Å². The van der Waals surface area contributed by atoms with Crippen LogP contribution >= 0.6 is 22.9 Å². The number of carbonyl (C=O) groups excluding carboxylic acids is 2. The van der Waals surface area contributed by atoms with Crippen molar-refractivity contribution >= 4 is 49.7 Å². The molecule has 0 saturated heterocycles. The van der Waals surface area contributed by atoms with Crippen molar-refractivity contribution in [3.05, 3.63) is 45.3 Å². The highest BCUT2D eigenvalue weighted by Crippen LogP contribution is 2.39. The van der Waals surface area contributed by atoms with Gasteiger partial charge in [0.05, 0.1) is 17.1 Å². The third-order valence-corrected chi connectivity index (χ3v) is 7.24. The van der Waals surface area contributed by atoms with Gasteiger partial charge in [0.2, 0.25) is 5.91 Å². The lowest BCUT2D eigenvalue weighted by Gasteiger charge is -2.08. The molecular weight excluding hydrogens is 410 g/mol. The quantitative estimate of drug-likeness (QED) is 0.713. The molecule has 1 aliphatic rings. The number of fused-ring (bicyclic) bond motifs is 1. The number of benzene rings is 1. The number of ether oxygens (including phenoxy) is 1. The normalized spacial score (nSPS) is 13.3. The van der Waals surface area contributed by atoms with Crippen molar-refractivity contribution in [3.63, 3.8) is 0 Å². The number of anilines is 1. The Labute approximate surface area is 166 Å². The average molecular weight is 428 g/mol. The topological polar surface area (TPSA) is 89.5 Å². The molecule has 1 N–H and O–H groups in total. The van der Waals surface area contributed by atoms with Gasteiger partial charge in [-0.1, -0.05) is 11.6 Å². The van der Waals surface area contributed by atoms with Crippen molar-refractivity contribution < 1.29 is 22.7 Å². The van der Waals surface area contributed by atoms with Crippen LogP contribution in [0.2, 0.25) is 5.02 Å². The van der Waals surface area contributed by atoms with E-state index in [1.54, 1.807) is 6.92 Å². The molecule has 9 heteroatoms. The smallest absolute Gasteiger partial charge is 0.341 e. The molecule has 1 aromatic heterocycles. The first kappa shape index (κ1) is 19.9. The summed E-state index contributed by atoms with van der Waals surface area (Å²) >= 11 is 7.08. The highest BCUT2D eigenvalue weighted by Gasteiger charge is 2.29. The first-order valence-corrected chi connectivity index (χ1v) is 11.3. The summed E-state index contributed by atoms with van der Waals surface area (Å²) in [5, 5.41) is 3.35. The Morgan fingerprint density at radius 1 is 1.22 bits per heavy atom. The number of carbonyl (C=O) groups is 2. The minimum atomic E-state index is -3.82. The highest BCUT2D eigenvalue weighted by atomic mass is 35.5. The summed E-state index contributed by atoms with van der Waals surface area (Å²) < 4.78 is 29.9. The second kappa shape index (κ2) is 8.00. The van der Waals surface area contributed by atoms with Crippen molar-refractivity contribution in [2.24, 2.45) is 0 Å². The number of esters is 1. The Morgan fingerprint density at radius 2 is 1.93 bits per heavy atom. The van der Waals surface area contributed by atoms with Gasteiger partial charge < -0.3 is 10.1 Å². The molecule has 1 heterocycles. The molecule has 0 unspecified atom stereocenters. The van der Waals surface area contributed by atoms with E-state index in [0.29, 0.717) is 15.6 Å². The van der Waals surface area contributed by atoms with Crippen LogP contribution in [-0.4, -0.2) is 32.7 Å². The van der Waals surface area contributed by atoms with Crippen LogP contribution in [0.25, 0.3) is 0 Å². The van der Waals surface area contributed by atoms with Crippen LogP contribution in [0.4, 0.5) is 5.00 Å². The fourth-order valence-corrected chi connectivity index (χ4v) is 5.53. The largest absolute Gasteiger partial charge is 0.462 e. The van der Waals surface area contributed by atoms with E-state index in [1.807, 2.05) is 0 Å². The minimum absolute atomic E-state index is 0.0151. The van der Waals surface area contributed by atoms with Gasteiger partial charge in [0.15, 0.2) is 9.84 Å². The number of halogens is 1. The van der Waals surface area contributed by atoms with Crippen molar-refractivity contribution in [3.8, 4) is 0 Å². The summed E-state index contributed by atoms with van der Waals surface area (Å²) in [6, 6.07) is 5.62. The second-order valence-corrected chi connectivity index (χ2v) is 9.57. The summed E-state index contributed by atoms with van der Waals surface area (Å²) in [5.74, 6) is -1.91. The number of nitrogens with one attached hydrogen (secondary N) is 1. The maximum absolute atomic E-state index is 12.4.